The fourth-order valence-corrected chi connectivity index (χ4v) is 2.21. The molecule has 0 spiro atoms. The van der Waals surface area contributed by atoms with Gasteiger partial charge in [-0.15, -0.1) is 0 Å². The quantitative estimate of drug-likeness (QED) is 0.919. The first-order chi connectivity index (χ1) is 9.54. The normalized spacial score (nSPS) is 12.2. The summed E-state index contributed by atoms with van der Waals surface area (Å²) in [6.45, 7) is 2.80. The van der Waals surface area contributed by atoms with Crippen LogP contribution in [0.1, 0.15) is 18.1 Å². The Morgan fingerprint density at radius 3 is 2.35 bits per heavy atom. The molecule has 4 heteroatoms. The predicted molar refractivity (Wildman–Crippen MR) is 85.1 cm³/mol. The molecule has 0 aliphatic heterocycles. The van der Waals surface area contributed by atoms with Gasteiger partial charge in [-0.3, -0.25) is 0 Å². The zero-order valence-electron chi connectivity index (χ0n) is 11.9. The average Bonchev–Trinajstić information content (AvgIpc) is 2.41. The lowest BCUT2D eigenvalue weighted by Crippen LogP contribution is -2.19. The van der Waals surface area contributed by atoms with Gasteiger partial charge in [-0.2, -0.15) is 0 Å². The maximum absolute atomic E-state index is 5.89. The standard InChI is InChI=1S/C16H20ClN3/c1-12(18)9-14-5-8-16(19-10-14)20(2)11-13-3-6-15(17)7-4-13/h3-8,10,12H,9,11,18H2,1-2H3. The molecule has 0 saturated heterocycles. The Hall–Kier alpha value is -1.58. The van der Waals surface area contributed by atoms with E-state index in [4.69, 9.17) is 17.3 Å². The highest BCUT2D eigenvalue weighted by atomic mass is 35.5. The van der Waals surface area contributed by atoms with E-state index in [2.05, 4.69) is 16.0 Å². The second-order valence-electron chi connectivity index (χ2n) is 5.19. The molecule has 0 amide bonds. The molecule has 1 aromatic heterocycles. The van der Waals surface area contributed by atoms with Crippen molar-refractivity contribution in [3.8, 4) is 0 Å². The van der Waals surface area contributed by atoms with Crippen LogP contribution in [-0.4, -0.2) is 18.1 Å². The Labute approximate surface area is 125 Å². The van der Waals surface area contributed by atoms with Crippen molar-refractivity contribution < 1.29 is 0 Å². The number of aromatic nitrogens is 1. The third-order valence-corrected chi connectivity index (χ3v) is 3.34. The zero-order valence-corrected chi connectivity index (χ0v) is 12.6. The smallest absolute Gasteiger partial charge is 0.128 e. The first-order valence-corrected chi connectivity index (χ1v) is 7.08. The molecule has 2 rings (SSSR count). The van der Waals surface area contributed by atoms with Gasteiger partial charge in [-0.1, -0.05) is 29.8 Å². The van der Waals surface area contributed by atoms with Crippen molar-refractivity contribution >= 4 is 17.4 Å². The van der Waals surface area contributed by atoms with Gasteiger partial charge in [0.1, 0.15) is 5.82 Å². The fraction of sp³-hybridized carbons (Fsp3) is 0.312. The minimum absolute atomic E-state index is 0.162. The average molecular weight is 290 g/mol. The van der Waals surface area contributed by atoms with Crippen LogP contribution in [0.25, 0.3) is 0 Å². The van der Waals surface area contributed by atoms with Crippen LogP contribution in [0.2, 0.25) is 5.02 Å². The molecule has 1 aromatic carbocycles. The van der Waals surface area contributed by atoms with E-state index in [0.717, 1.165) is 23.8 Å². The number of hydrogen-bond acceptors (Lipinski definition) is 3. The molecular formula is C16H20ClN3. The van der Waals surface area contributed by atoms with Crippen LogP contribution in [0.3, 0.4) is 0 Å². The minimum atomic E-state index is 0.162. The van der Waals surface area contributed by atoms with E-state index in [1.165, 1.54) is 11.1 Å². The Balaban J connectivity index is 2.01. The highest BCUT2D eigenvalue weighted by molar-refractivity contribution is 6.30. The van der Waals surface area contributed by atoms with Gasteiger partial charge in [0.05, 0.1) is 0 Å². The van der Waals surface area contributed by atoms with Crippen molar-refractivity contribution in [1.82, 2.24) is 4.98 Å². The molecule has 0 saturated carbocycles. The number of anilines is 1. The van der Waals surface area contributed by atoms with Crippen LogP contribution in [-0.2, 0) is 13.0 Å². The maximum Gasteiger partial charge on any atom is 0.128 e. The summed E-state index contributed by atoms with van der Waals surface area (Å²) in [5, 5.41) is 0.759. The highest BCUT2D eigenvalue weighted by Crippen LogP contribution is 2.15. The van der Waals surface area contributed by atoms with Crippen molar-refractivity contribution in [2.45, 2.75) is 25.9 Å². The Bertz CT molecular complexity index is 535. The second kappa shape index (κ2) is 6.73. The van der Waals surface area contributed by atoms with Crippen molar-refractivity contribution in [2.24, 2.45) is 5.73 Å². The lowest BCUT2D eigenvalue weighted by Gasteiger charge is -2.18. The largest absolute Gasteiger partial charge is 0.355 e. The van der Waals surface area contributed by atoms with Crippen LogP contribution in [0.5, 0.6) is 0 Å². The third-order valence-electron chi connectivity index (χ3n) is 3.09. The van der Waals surface area contributed by atoms with Crippen LogP contribution < -0.4 is 10.6 Å². The van der Waals surface area contributed by atoms with Crippen LogP contribution in [0.4, 0.5) is 5.82 Å². The molecule has 0 bridgehead atoms. The Morgan fingerprint density at radius 1 is 1.15 bits per heavy atom. The molecule has 2 N–H and O–H groups in total. The van der Waals surface area contributed by atoms with Gasteiger partial charge in [0.25, 0.3) is 0 Å². The lowest BCUT2D eigenvalue weighted by molar-refractivity contribution is 0.735. The van der Waals surface area contributed by atoms with Crippen LogP contribution >= 0.6 is 11.6 Å². The summed E-state index contributed by atoms with van der Waals surface area (Å²) in [7, 11) is 2.03. The van der Waals surface area contributed by atoms with E-state index < -0.39 is 0 Å². The number of nitrogens with zero attached hydrogens (tertiary/aromatic N) is 2. The predicted octanol–water partition coefficient (Wildman–Crippen LogP) is 3.26. The summed E-state index contributed by atoms with van der Waals surface area (Å²) >= 11 is 5.89. The third kappa shape index (κ3) is 4.22. The molecule has 1 atom stereocenters. The number of benzene rings is 1. The molecule has 106 valence electrons. The first kappa shape index (κ1) is 14.8. The van der Waals surface area contributed by atoms with E-state index >= 15 is 0 Å². The summed E-state index contributed by atoms with van der Waals surface area (Å²) in [5.41, 5.74) is 8.16. The van der Waals surface area contributed by atoms with E-state index in [9.17, 15) is 0 Å². The van der Waals surface area contributed by atoms with Gasteiger partial charge in [-0.25, -0.2) is 4.98 Å². The van der Waals surface area contributed by atoms with Gasteiger partial charge in [0, 0.05) is 30.9 Å². The molecule has 0 aliphatic carbocycles. The summed E-state index contributed by atoms with van der Waals surface area (Å²) in [6, 6.07) is 12.2. The monoisotopic (exact) mass is 289 g/mol. The summed E-state index contributed by atoms with van der Waals surface area (Å²) in [5.74, 6) is 0.952. The molecule has 2 aromatic rings. The molecular weight excluding hydrogens is 270 g/mol. The molecule has 0 aliphatic rings. The van der Waals surface area contributed by atoms with E-state index in [1.54, 1.807) is 0 Å². The number of nitrogens with two attached hydrogens (primary N) is 1. The summed E-state index contributed by atoms with van der Waals surface area (Å²) in [6.07, 6.45) is 2.76. The zero-order chi connectivity index (χ0) is 14.5. The van der Waals surface area contributed by atoms with E-state index in [1.807, 2.05) is 50.5 Å². The molecule has 1 unspecified atom stereocenters. The number of rotatable bonds is 5. The summed E-state index contributed by atoms with van der Waals surface area (Å²) in [4.78, 5) is 6.60. The van der Waals surface area contributed by atoms with Gasteiger partial charge < -0.3 is 10.6 Å². The Kier molecular flexibility index (Phi) is 4.99. The topological polar surface area (TPSA) is 42.1 Å². The number of hydrogen-bond donors (Lipinski definition) is 1. The van der Waals surface area contributed by atoms with Crippen LogP contribution in [0, 0.1) is 0 Å². The summed E-state index contributed by atoms with van der Waals surface area (Å²) < 4.78 is 0. The van der Waals surface area contributed by atoms with Gasteiger partial charge in [0.15, 0.2) is 0 Å². The highest BCUT2D eigenvalue weighted by Gasteiger charge is 2.05. The van der Waals surface area contributed by atoms with E-state index in [0.29, 0.717) is 0 Å². The van der Waals surface area contributed by atoms with Crippen molar-refractivity contribution in [3.63, 3.8) is 0 Å². The number of pyridine rings is 1. The first-order valence-electron chi connectivity index (χ1n) is 6.70. The van der Waals surface area contributed by atoms with E-state index in [-0.39, 0.29) is 6.04 Å². The molecule has 1 heterocycles. The van der Waals surface area contributed by atoms with Gasteiger partial charge in [0.2, 0.25) is 0 Å². The van der Waals surface area contributed by atoms with Crippen molar-refractivity contribution in [3.05, 3.63) is 58.7 Å². The molecule has 3 nitrogen and oxygen atoms in total. The maximum atomic E-state index is 5.89. The lowest BCUT2D eigenvalue weighted by atomic mass is 10.1. The SMILES string of the molecule is CC(N)Cc1ccc(N(C)Cc2ccc(Cl)cc2)nc1. The van der Waals surface area contributed by atoms with Crippen molar-refractivity contribution in [1.29, 1.82) is 0 Å². The molecule has 20 heavy (non-hydrogen) atoms. The minimum Gasteiger partial charge on any atom is -0.355 e. The van der Waals surface area contributed by atoms with Gasteiger partial charge >= 0.3 is 0 Å². The molecule has 0 radical (unpaired) electrons. The molecule has 0 fully saturated rings. The van der Waals surface area contributed by atoms with Gasteiger partial charge in [-0.05, 0) is 42.7 Å². The Morgan fingerprint density at radius 2 is 1.80 bits per heavy atom. The fourth-order valence-electron chi connectivity index (χ4n) is 2.08. The van der Waals surface area contributed by atoms with Crippen molar-refractivity contribution in [2.75, 3.05) is 11.9 Å². The second-order valence-corrected chi connectivity index (χ2v) is 5.63. The number of halogens is 1. The van der Waals surface area contributed by atoms with Crippen LogP contribution in [0.15, 0.2) is 42.6 Å².